The molecule has 0 aliphatic heterocycles. The lowest BCUT2D eigenvalue weighted by Gasteiger charge is -2.13. The van der Waals surface area contributed by atoms with Gasteiger partial charge in [-0.15, -0.1) is 0 Å². The van der Waals surface area contributed by atoms with E-state index in [1.807, 2.05) is 69.2 Å². The smallest absolute Gasteiger partial charge is 0.338 e. The summed E-state index contributed by atoms with van der Waals surface area (Å²) in [5.74, 6) is -0.915. The number of hydrogen-bond donors (Lipinski definition) is 1. The second kappa shape index (κ2) is 8.65. The summed E-state index contributed by atoms with van der Waals surface area (Å²) in [7, 11) is 3.89. The number of amides is 1. The first-order valence-corrected chi connectivity index (χ1v) is 9.35. The molecule has 1 amide bonds. The molecule has 6 heteroatoms. The number of carbonyl (C=O) groups is 2. The molecule has 0 saturated heterocycles. The SMILES string of the molecule is Cc1ccc(C)n1-c1ccc(C(=O)OCC(=O)Nc2ccc(N(C)C)cc2)cc1. The van der Waals surface area contributed by atoms with Gasteiger partial charge in [0.05, 0.1) is 5.56 Å². The third kappa shape index (κ3) is 4.85. The van der Waals surface area contributed by atoms with Gasteiger partial charge in [0.25, 0.3) is 5.91 Å². The summed E-state index contributed by atoms with van der Waals surface area (Å²) < 4.78 is 7.24. The Hall–Kier alpha value is -3.54. The van der Waals surface area contributed by atoms with E-state index in [-0.39, 0.29) is 12.5 Å². The van der Waals surface area contributed by atoms with E-state index in [4.69, 9.17) is 4.74 Å². The Morgan fingerprint density at radius 1 is 0.897 bits per heavy atom. The summed E-state index contributed by atoms with van der Waals surface area (Å²) in [6, 6.07) is 18.6. The largest absolute Gasteiger partial charge is 0.452 e. The number of rotatable bonds is 6. The molecule has 29 heavy (non-hydrogen) atoms. The summed E-state index contributed by atoms with van der Waals surface area (Å²) in [4.78, 5) is 26.3. The van der Waals surface area contributed by atoms with Crippen LogP contribution in [0.3, 0.4) is 0 Å². The number of hydrogen-bond acceptors (Lipinski definition) is 4. The summed E-state index contributed by atoms with van der Waals surface area (Å²) >= 11 is 0. The van der Waals surface area contributed by atoms with Gasteiger partial charge in [-0.1, -0.05) is 0 Å². The van der Waals surface area contributed by atoms with Crippen molar-refractivity contribution in [2.75, 3.05) is 30.9 Å². The lowest BCUT2D eigenvalue weighted by molar-refractivity contribution is -0.119. The first-order chi connectivity index (χ1) is 13.8. The van der Waals surface area contributed by atoms with Gasteiger partial charge in [0.15, 0.2) is 6.61 Å². The number of anilines is 2. The third-order valence-electron chi connectivity index (χ3n) is 4.63. The fraction of sp³-hybridized carbons (Fsp3) is 0.217. The van der Waals surface area contributed by atoms with Gasteiger partial charge in [0, 0.05) is 42.5 Å². The zero-order valence-corrected chi connectivity index (χ0v) is 17.1. The van der Waals surface area contributed by atoms with Crippen LogP contribution in [-0.4, -0.2) is 37.1 Å². The van der Waals surface area contributed by atoms with Crippen molar-refractivity contribution in [3.63, 3.8) is 0 Å². The quantitative estimate of drug-likeness (QED) is 0.646. The molecule has 6 nitrogen and oxygen atoms in total. The second-order valence-corrected chi connectivity index (χ2v) is 7.06. The number of aromatic nitrogens is 1. The molecule has 1 heterocycles. The van der Waals surface area contributed by atoms with E-state index in [0.717, 1.165) is 22.8 Å². The van der Waals surface area contributed by atoms with Gasteiger partial charge < -0.3 is 19.5 Å². The van der Waals surface area contributed by atoms with Crippen LogP contribution in [0.2, 0.25) is 0 Å². The van der Waals surface area contributed by atoms with Crippen LogP contribution < -0.4 is 10.2 Å². The van der Waals surface area contributed by atoms with Crippen LogP contribution in [0.4, 0.5) is 11.4 Å². The molecule has 3 rings (SSSR count). The monoisotopic (exact) mass is 391 g/mol. The van der Waals surface area contributed by atoms with Gasteiger partial charge in [0.1, 0.15) is 0 Å². The maximum atomic E-state index is 12.2. The molecule has 0 aliphatic carbocycles. The number of ether oxygens (including phenoxy) is 1. The van der Waals surface area contributed by atoms with Gasteiger partial charge in [-0.3, -0.25) is 4.79 Å². The van der Waals surface area contributed by atoms with Crippen molar-refractivity contribution in [2.45, 2.75) is 13.8 Å². The van der Waals surface area contributed by atoms with Crippen LogP contribution in [0.15, 0.2) is 60.7 Å². The normalized spacial score (nSPS) is 10.5. The number of carbonyl (C=O) groups excluding carboxylic acids is 2. The van der Waals surface area contributed by atoms with Crippen LogP contribution in [0.25, 0.3) is 5.69 Å². The molecule has 1 aromatic heterocycles. The van der Waals surface area contributed by atoms with Crippen molar-refractivity contribution in [2.24, 2.45) is 0 Å². The van der Waals surface area contributed by atoms with Crippen LogP contribution >= 0.6 is 0 Å². The molecule has 0 unspecified atom stereocenters. The maximum absolute atomic E-state index is 12.2. The summed E-state index contributed by atoms with van der Waals surface area (Å²) in [6.45, 7) is 3.72. The molecule has 0 fully saturated rings. The summed E-state index contributed by atoms with van der Waals surface area (Å²) in [5, 5.41) is 2.72. The highest BCUT2D eigenvalue weighted by Crippen LogP contribution is 2.18. The molecule has 0 aliphatic rings. The Balaban J connectivity index is 1.55. The standard InChI is InChI=1S/C23H25N3O3/c1-16-5-6-17(2)26(16)21-11-7-18(8-12-21)23(28)29-15-22(27)24-19-9-13-20(14-10-19)25(3)4/h5-14H,15H2,1-4H3,(H,24,27). The van der Waals surface area contributed by atoms with Crippen molar-refractivity contribution in [1.82, 2.24) is 4.57 Å². The molecule has 3 aromatic rings. The van der Waals surface area contributed by atoms with E-state index in [2.05, 4.69) is 9.88 Å². The predicted molar refractivity (Wildman–Crippen MR) is 115 cm³/mol. The average Bonchev–Trinajstić information content (AvgIpc) is 3.05. The molecule has 0 bridgehead atoms. The highest BCUT2D eigenvalue weighted by atomic mass is 16.5. The number of nitrogens with one attached hydrogen (secondary N) is 1. The Kier molecular flexibility index (Phi) is 6.02. The van der Waals surface area contributed by atoms with Crippen molar-refractivity contribution in [1.29, 1.82) is 0 Å². The van der Waals surface area contributed by atoms with E-state index >= 15 is 0 Å². The minimum absolute atomic E-state index is 0.341. The van der Waals surface area contributed by atoms with Gasteiger partial charge in [-0.2, -0.15) is 0 Å². The molecule has 2 aromatic carbocycles. The maximum Gasteiger partial charge on any atom is 0.338 e. The van der Waals surface area contributed by atoms with Crippen molar-refractivity contribution in [3.05, 3.63) is 77.6 Å². The zero-order valence-electron chi connectivity index (χ0n) is 17.1. The van der Waals surface area contributed by atoms with Crippen molar-refractivity contribution < 1.29 is 14.3 Å². The fourth-order valence-electron chi connectivity index (χ4n) is 3.08. The summed E-state index contributed by atoms with van der Waals surface area (Å²) in [5.41, 5.74) is 5.29. The van der Waals surface area contributed by atoms with Crippen LogP contribution in [0.1, 0.15) is 21.7 Å². The molecule has 150 valence electrons. The van der Waals surface area contributed by atoms with Crippen LogP contribution in [0, 0.1) is 13.8 Å². The van der Waals surface area contributed by atoms with E-state index in [0.29, 0.717) is 11.3 Å². The lowest BCUT2D eigenvalue weighted by atomic mass is 10.2. The molecule has 1 N–H and O–H groups in total. The van der Waals surface area contributed by atoms with Gasteiger partial charge in [0.2, 0.25) is 0 Å². The third-order valence-corrected chi connectivity index (χ3v) is 4.63. The number of nitrogens with zero attached hydrogens (tertiary/aromatic N) is 2. The summed E-state index contributed by atoms with van der Waals surface area (Å²) in [6.07, 6.45) is 0. The van der Waals surface area contributed by atoms with Crippen molar-refractivity contribution >= 4 is 23.3 Å². The van der Waals surface area contributed by atoms with E-state index in [1.165, 1.54) is 0 Å². The number of aryl methyl sites for hydroxylation is 2. The molecule has 0 saturated carbocycles. The minimum atomic E-state index is -0.532. The Morgan fingerprint density at radius 3 is 2.03 bits per heavy atom. The Labute approximate surface area is 170 Å². The molecular formula is C23H25N3O3. The van der Waals surface area contributed by atoms with Crippen molar-refractivity contribution in [3.8, 4) is 5.69 Å². The number of benzene rings is 2. The molecule has 0 spiro atoms. The Morgan fingerprint density at radius 2 is 1.48 bits per heavy atom. The first-order valence-electron chi connectivity index (χ1n) is 9.35. The van der Waals surface area contributed by atoms with Crippen LogP contribution in [0.5, 0.6) is 0 Å². The van der Waals surface area contributed by atoms with E-state index < -0.39 is 5.97 Å². The highest BCUT2D eigenvalue weighted by Gasteiger charge is 2.12. The molecular weight excluding hydrogens is 366 g/mol. The van der Waals surface area contributed by atoms with E-state index in [1.54, 1.807) is 24.3 Å². The molecule has 0 radical (unpaired) electrons. The number of esters is 1. The average molecular weight is 391 g/mol. The topological polar surface area (TPSA) is 63.6 Å². The van der Waals surface area contributed by atoms with Gasteiger partial charge >= 0.3 is 5.97 Å². The fourth-order valence-corrected chi connectivity index (χ4v) is 3.08. The van der Waals surface area contributed by atoms with E-state index in [9.17, 15) is 9.59 Å². The van der Waals surface area contributed by atoms with Crippen LogP contribution in [-0.2, 0) is 9.53 Å². The minimum Gasteiger partial charge on any atom is -0.452 e. The Bertz CT molecular complexity index is 983. The first kappa shape index (κ1) is 20.2. The predicted octanol–water partition coefficient (Wildman–Crippen LogP) is 3.96. The molecule has 0 atom stereocenters. The zero-order chi connectivity index (χ0) is 21.0. The second-order valence-electron chi connectivity index (χ2n) is 7.06. The van der Waals surface area contributed by atoms with Gasteiger partial charge in [-0.25, -0.2) is 4.79 Å². The van der Waals surface area contributed by atoms with Gasteiger partial charge in [-0.05, 0) is 74.5 Å². The highest BCUT2D eigenvalue weighted by molar-refractivity contribution is 5.95. The lowest BCUT2D eigenvalue weighted by Crippen LogP contribution is -2.21.